The average molecular weight is 267 g/mol. The van der Waals surface area contributed by atoms with Crippen LogP contribution in [0.2, 0.25) is 0 Å². The van der Waals surface area contributed by atoms with Crippen molar-refractivity contribution in [1.82, 2.24) is 10.6 Å². The van der Waals surface area contributed by atoms with Gasteiger partial charge in [-0.2, -0.15) is 0 Å². The van der Waals surface area contributed by atoms with E-state index in [1.807, 2.05) is 0 Å². The first kappa shape index (κ1) is 14.3. The van der Waals surface area contributed by atoms with E-state index in [1.165, 1.54) is 6.42 Å². The molecule has 0 unspecified atom stereocenters. The van der Waals surface area contributed by atoms with E-state index < -0.39 is 0 Å². The summed E-state index contributed by atoms with van der Waals surface area (Å²) in [6.45, 7) is 1.18. The van der Waals surface area contributed by atoms with E-state index in [0.29, 0.717) is 38.4 Å². The Morgan fingerprint density at radius 3 is 2.47 bits per heavy atom. The van der Waals surface area contributed by atoms with E-state index in [0.717, 1.165) is 25.7 Å². The number of amides is 2. The molecule has 0 radical (unpaired) electrons. The van der Waals surface area contributed by atoms with Crippen LogP contribution in [0.4, 0.5) is 0 Å². The minimum Gasteiger partial charge on any atom is -0.356 e. The molecule has 5 heteroatoms. The summed E-state index contributed by atoms with van der Waals surface area (Å²) in [6, 6.07) is 0.421. The monoisotopic (exact) mass is 267 g/mol. The molecule has 2 aliphatic carbocycles. The summed E-state index contributed by atoms with van der Waals surface area (Å²) < 4.78 is 0. The molecule has 0 heterocycles. The summed E-state index contributed by atoms with van der Waals surface area (Å²) in [5.74, 6) is 0.182. The van der Waals surface area contributed by atoms with Gasteiger partial charge < -0.3 is 16.4 Å². The summed E-state index contributed by atoms with van der Waals surface area (Å²) in [6.07, 6.45) is 7.30. The van der Waals surface area contributed by atoms with Crippen molar-refractivity contribution < 1.29 is 9.59 Å². The molecular weight excluding hydrogens is 242 g/mol. The Kier molecular flexibility index (Phi) is 4.80. The first-order chi connectivity index (χ1) is 9.13. The molecule has 2 fully saturated rings. The molecule has 0 spiro atoms. The van der Waals surface area contributed by atoms with E-state index in [2.05, 4.69) is 10.6 Å². The van der Waals surface area contributed by atoms with Gasteiger partial charge in [0.15, 0.2) is 0 Å². The number of nitrogens with one attached hydrogen (secondary N) is 2. The van der Waals surface area contributed by atoms with E-state index in [1.54, 1.807) is 0 Å². The van der Waals surface area contributed by atoms with Crippen LogP contribution in [0.15, 0.2) is 0 Å². The summed E-state index contributed by atoms with van der Waals surface area (Å²) in [5.41, 5.74) is 5.79. The lowest BCUT2D eigenvalue weighted by Crippen LogP contribution is -2.42. The van der Waals surface area contributed by atoms with Crippen LogP contribution >= 0.6 is 0 Å². The minimum absolute atomic E-state index is 0.0629. The Morgan fingerprint density at radius 1 is 1.21 bits per heavy atom. The Balaban J connectivity index is 1.52. The fraction of sp³-hybridized carbons (Fsp3) is 0.857. The van der Waals surface area contributed by atoms with Gasteiger partial charge in [0.2, 0.25) is 11.8 Å². The predicted octanol–water partition coefficient (Wildman–Crippen LogP) is 0.680. The molecule has 0 bridgehead atoms. The molecule has 2 rings (SSSR count). The van der Waals surface area contributed by atoms with Gasteiger partial charge in [-0.1, -0.05) is 6.42 Å². The van der Waals surface area contributed by atoms with E-state index in [9.17, 15) is 9.59 Å². The zero-order chi connectivity index (χ0) is 13.7. The highest BCUT2D eigenvalue weighted by atomic mass is 16.2. The molecule has 0 saturated heterocycles. The molecule has 0 aromatic carbocycles. The van der Waals surface area contributed by atoms with Crippen molar-refractivity contribution in [3.05, 3.63) is 0 Å². The van der Waals surface area contributed by atoms with Gasteiger partial charge in [0.05, 0.1) is 0 Å². The largest absolute Gasteiger partial charge is 0.356 e. The number of hydrogen-bond acceptors (Lipinski definition) is 3. The van der Waals surface area contributed by atoms with E-state index >= 15 is 0 Å². The first-order valence-electron chi connectivity index (χ1n) is 7.40. The maximum atomic E-state index is 11.8. The number of rotatable bonds is 8. The van der Waals surface area contributed by atoms with Crippen molar-refractivity contribution in [3.63, 3.8) is 0 Å². The fourth-order valence-corrected chi connectivity index (χ4v) is 2.54. The minimum atomic E-state index is 0.0629. The Morgan fingerprint density at radius 2 is 1.95 bits per heavy atom. The van der Waals surface area contributed by atoms with E-state index in [-0.39, 0.29) is 17.2 Å². The molecule has 0 aliphatic heterocycles. The molecule has 0 aromatic heterocycles. The molecule has 5 nitrogen and oxygen atoms in total. The van der Waals surface area contributed by atoms with Crippen LogP contribution in [0.25, 0.3) is 0 Å². The van der Waals surface area contributed by atoms with Gasteiger partial charge in [-0.25, -0.2) is 0 Å². The third-order valence-electron chi connectivity index (χ3n) is 4.23. The maximum absolute atomic E-state index is 11.8. The van der Waals surface area contributed by atoms with Gasteiger partial charge in [0.1, 0.15) is 0 Å². The standard InChI is InChI=1S/C14H25N3O2/c15-10-14(6-2-7-14)9-13(19)16-8-1-3-12(18)17-11-4-5-11/h11H,1-10,15H2,(H,16,19)(H,17,18). The first-order valence-corrected chi connectivity index (χ1v) is 7.40. The highest BCUT2D eigenvalue weighted by Crippen LogP contribution is 2.42. The second-order valence-electron chi connectivity index (χ2n) is 6.03. The molecule has 19 heavy (non-hydrogen) atoms. The third kappa shape index (κ3) is 4.49. The van der Waals surface area contributed by atoms with Crippen LogP contribution in [-0.4, -0.2) is 30.9 Å². The SMILES string of the molecule is NCC1(CC(=O)NCCCC(=O)NC2CC2)CCC1. The Bertz CT molecular complexity index is 330. The molecule has 2 aliphatic rings. The number of carbonyl (C=O) groups is 2. The van der Waals surface area contributed by atoms with Crippen LogP contribution in [0.5, 0.6) is 0 Å². The van der Waals surface area contributed by atoms with Crippen LogP contribution in [0.3, 0.4) is 0 Å². The smallest absolute Gasteiger partial charge is 0.220 e. The number of hydrogen-bond donors (Lipinski definition) is 3. The van der Waals surface area contributed by atoms with Gasteiger partial charge in [-0.15, -0.1) is 0 Å². The van der Waals surface area contributed by atoms with Gasteiger partial charge in [-0.05, 0) is 44.1 Å². The maximum Gasteiger partial charge on any atom is 0.220 e. The summed E-state index contributed by atoms with van der Waals surface area (Å²) >= 11 is 0. The lowest BCUT2D eigenvalue weighted by molar-refractivity contribution is -0.125. The molecule has 0 aromatic rings. The lowest BCUT2D eigenvalue weighted by Gasteiger charge is -2.40. The molecule has 2 amide bonds. The van der Waals surface area contributed by atoms with Gasteiger partial charge in [0, 0.05) is 25.4 Å². The lowest BCUT2D eigenvalue weighted by atomic mass is 9.66. The second-order valence-corrected chi connectivity index (χ2v) is 6.03. The molecule has 108 valence electrons. The van der Waals surface area contributed by atoms with Crippen LogP contribution < -0.4 is 16.4 Å². The average Bonchev–Trinajstić information content (AvgIpc) is 3.13. The van der Waals surface area contributed by atoms with Crippen molar-refractivity contribution in [2.24, 2.45) is 11.1 Å². The number of nitrogens with two attached hydrogens (primary N) is 1. The molecule has 4 N–H and O–H groups in total. The van der Waals surface area contributed by atoms with Crippen molar-refractivity contribution in [1.29, 1.82) is 0 Å². The zero-order valence-electron chi connectivity index (χ0n) is 11.5. The van der Waals surface area contributed by atoms with Crippen molar-refractivity contribution >= 4 is 11.8 Å². The summed E-state index contributed by atoms with van der Waals surface area (Å²) in [4.78, 5) is 23.2. The van der Waals surface area contributed by atoms with Crippen LogP contribution in [0, 0.1) is 5.41 Å². The predicted molar refractivity (Wildman–Crippen MR) is 73.4 cm³/mol. The van der Waals surface area contributed by atoms with Crippen molar-refractivity contribution in [2.75, 3.05) is 13.1 Å². The summed E-state index contributed by atoms with van der Waals surface area (Å²) in [7, 11) is 0. The molecule has 2 saturated carbocycles. The zero-order valence-corrected chi connectivity index (χ0v) is 11.5. The van der Waals surface area contributed by atoms with Gasteiger partial charge in [-0.3, -0.25) is 9.59 Å². The highest BCUT2D eigenvalue weighted by molar-refractivity contribution is 5.77. The van der Waals surface area contributed by atoms with Gasteiger partial charge >= 0.3 is 0 Å². The van der Waals surface area contributed by atoms with Crippen molar-refractivity contribution in [2.45, 2.75) is 57.4 Å². The van der Waals surface area contributed by atoms with Crippen LogP contribution in [0.1, 0.15) is 51.4 Å². The quantitative estimate of drug-likeness (QED) is 0.565. The fourth-order valence-electron chi connectivity index (χ4n) is 2.54. The topological polar surface area (TPSA) is 84.2 Å². The van der Waals surface area contributed by atoms with Gasteiger partial charge in [0.25, 0.3) is 0 Å². The normalized spacial score (nSPS) is 20.5. The third-order valence-corrected chi connectivity index (χ3v) is 4.23. The second kappa shape index (κ2) is 6.37. The van der Waals surface area contributed by atoms with E-state index in [4.69, 9.17) is 5.73 Å². The number of carbonyl (C=O) groups excluding carboxylic acids is 2. The highest BCUT2D eigenvalue weighted by Gasteiger charge is 2.37. The van der Waals surface area contributed by atoms with Crippen molar-refractivity contribution in [3.8, 4) is 0 Å². The molecular formula is C14H25N3O2. The Hall–Kier alpha value is -1.10. The van der Waals surface area contributed by atoms with Crippen LogP contribution in [-0.2, 0) is 9.59 Å². The summed E-state index contributed by atoms with van der Waals surface area (Å²) in [5, 5.41) is 5.83. The molecule has 0 atom stereocenters. The Labute approximate surface area is 114 Å².